The summed E-state index contributed by atoms with van der Waals surface area (Å²) in [6, 6.07) is 1.77. The average molecular weight is 228 g/mol. The van der Waals surface area contributed by atoms with Crippen LogP contribution in [-0.2, 0) is 0 Å². The number of thiophene rings is 1. The average Bonchev–Trinajstić information content (AvgIpc) is 2.44. The maximum atomic E-state index is 5.99. The number of anilines is 1. The van der Waals surface area contributed by atoms with Crippen molar-refractivity contribution in [1.29, 1.82) is 0 Å². The highest BCUT2D eigenvalue weighted by atomic mass is 35.5. The third-order valence-electron chi connectivity index (χ3n) is 2.02. The first-order valence-electron chi connectivity index (χ1n) is 4.30. The summed E-state index contributed by atoms with van der Waals surface area (Å²) in [5.41, 5.74) is 6.78. The largest absolute Gasteiger partial charge is 0.397 e. The monoisotopic (exact) mass is 227 g/mol. The fourth-order valence-electron chi connectivity index (χ4n) is 1.35. The minimum Gasteiger partial charge on any atom is -0.397 e. The molecule has 14 heavy (non-hydrogen) atoms. The molecule has 3 nitrogen and oxygen atoms in total. The van der Waals surface area contributed by atoms with Crippen LogP contribution in [0.25, 0.3) is 10.2 Å². The van der Waals surface area contributed by atoms with E-state index >= 15 is 0 Å². The molecule has 0 aliphatic heterocycles. The molecular formula is C9H10ClN3S. The quantitative estimate of drug-likeness (QED) is 0.815. The molecule has 0 saturated heterocycles. The number of aromatic nitrogens is 2. The minimum atomic E-state index is 0.386. The third-order valence-corrected chi connectivity index (χ3v) is 3.61. The van der Waals surface area contributed by atoms with Gasteiger partial charge in [-0.05, 0) is 12.0 Å². The van der Waals surface area contributed by atoms with Crippen molar-refractivity contribution >= 4 is 38.8 Å². The van der Waals surface area contributed by atoms with Gasteiger partial charge in [0, 0.05) is 10.3 Å². The normalized spacial score (nSPS) is 11.4. The van der Waals surface area contributed by atoms with E-state index in [4.69, 9.17) is 17.3 Å². The lowest BCUT2D eigenvalue weighted by molar-refractivity contribution is 0.893. The smallest absolute Gasteiger partial charge is 0.152 e. The van der Waals surface area contributed by atoms with Gasteiger partial charge in [0.1, 0.15) is 4.83 Å². The van der Waals surface area contributed by atoms with Gasteiger partial charge in [-0.15, -0.1) is 21.5 Å². The molecule has 2 aromatic rings. The number of halogens is 1. The summed E-state index contributed by atoms with van der Waals surface area (Å²) in [6.45, 7) is 4.21. The molecule has 0 radical (unpaired) electrons. The van der Waals surface area contributed by atoms with E-state index in [0.717, 1.165) is 20.8 Å². The summed E-state index contributed by atoms with van der Waals surface area (Å²) in [5, 5.41) is 9.09. The Morgan fingerprint density at radius 3 is 2.79 bits per heavy atom. The number of nitrogen functional groups attached to an aromatic ring is 1. The Bertz CT molecular complexity index is 478. The summed E-state index contributed by atoms with van der Waals surface area (Å²) in [6.07, 6.45) is 0. The summed E-state index contributed by atoms with van der Waals surface area (Å²) >= 11 is 7.34. The fourth-order valence-corrected chi connectivity index (χ4v) is 2.52. The number of hydrogen-bond acceptors (Lipinski definition) is 4. The van der Waals surface area contributed by atoms with Gasteiger partial charge < -0.3 is 5.73 Å². The second-order valence-corrected chi connectivity index (χ2v) is 4.84. The SMILES string of the molecule is CC(C)c1sc2nnc(Cl)cc2c1N. The predicted octanol–water partition coefficient (Wildman–Crippen LogP) is 3.05. The van der Waals surface area contributed by atoms with Crippen LogP contribution in [0.5, 0.6) is 0 Å². The Labute approximate surface area is 90.9 Å². The Morgan fingerprint density at radius 1 is 1.43 bits per heavy atom. The van der Waals surface area contributed by atoms with Crippen LogP contribution in [0.1, 0.15) is 24.6 Å². The Hall–Kier alpha value is -0.870. The van der Waals surface area contributed by atoms with Crippen molar-refractivity contribution in [2.24, 2.45) is 0 Å². The van der Waals surface area contributed by atoms with Gasteiger partial charge in [0.05, 0.1) is 5.69 Å². The van der Waals surface area contributed by atoms with Crippen molar-refractivity contribution in [2.45, 2.75) is 19.8 Å². The van der Waals surface area contributed by atoms with Crippen LogP contribution in [0.3, 0.4) is 0 Å². The van der Waals surface area contributed by atoms with E-state index in [1.165, 1.54) is 0 Å². The second-order valence-electron chi connectivity index (χ2n) is 3.42. The number of nitrogens with zero attached hydrogens (tertiary/aromatic N) is 2. The molecule has 2 N–H and O–H groups in total. The van der Waals surface area contributed by atoms with E-state index in [0.29, 0.717) is 11.1 Å². The van der Waals surface area contributed by atoms with Crippen molar-refractivity contribution in [3.05, 3.63) is 16.1 Å². The van der Waals surface area contributed by atoms with Gasteiger partial charge in [0.15, 0.2) is 5.15 Å². The lowest BCUT2D eigenvalue weighted by Crippen LogP contribution is -1.90. The van der Waals surface area contributed by atoms with E-state index in [1.54, 1.807) is 17.4 Å². The first-order chi connectivity index (χ1) is 6.59. The highest BCUT2D eigenvalue weighted by Gasteiger charge is 2.13. The van der Waals surface area contributed by atoms with E-state index < -0.39 is 0 Å². The molecule has 0 fully saturated rings. The number of hydrogen-bond donors (Lipinski definition) is 1. The second kappa shape index (κ2) is 3.37. The van der Waals surface area contributed by atoms with Crippen molar-refractivity contribution in [1.82, 2.24) is 10.2 Å². The first kappa shape index (κ1) is 9.68. The van der Waals surface area contributed by atoms with Crippen LogP contribution in [0.2, 0.25) is 5.15 Å². The molecule has 5 heteroatoms. The summed E-state index contributed by atoms with van der Waals surface area (Å²) in [5.74, 6) is 0.410. The maximum absolute atomic E-state index is 5.99. The standard InChI is InChI=1S/C9H10ClN3S/c1-4(2)8-7(11)5-3-6(10)12-13-9(5)14-8/h3-4H,11H2,1-2H3. The molecule has 0 aliphatic rings. The maximum Gasteiger partial charge on any atom is 0.152 e. The van der Waals surface area contributed by atoms with Gasteiger partial charge >= 0.3 is 0 Å². The van der Waals surface area contributed by atoms with Crippen LogP contribution in [-0.4, -0.2) is 10.2 Å². The topological polar surface area (TPSA) is 51.8 Å². The zero-order chi connectivity index (χ0) is 10.3. The minimum absolute atomic E-state index is 0.386. The van der Waals surface area contributed by atoms with Crippen molar-refractivity contribution < 1.29 is 0 Å². The van der Waals surface area contributed by atoms with Gasteiger partial charge in [0.2, 0.25) is 0 Å². The summed E-state index contributed by atoms with van der Waals surface area (Å²) in [7, 11) is 0. The number of rotatable bonds is 1. The van der Waals surface area contributed by atoms with Gasteiger partial charge in [0.25, 0.3) is 0 Å². The van der Waals surface area contributed by atoms with Crippen molar-refractivity contribution in [3.63, 3.8) is 0 Å². The number of nitrogens with two attached hydrogens (primary N) is 1. The summed E-state index contributed by atoms with van der Waals surface area (Å²) < 4.78 is 0. The third kappa shape index (κ3) is 1.44. The zero-order valence-electron chi connectivity index (χ0n) is 7.91. The molecule has 74 valence electrons. The molecule has 0 spiro atoms. The van der Waals surface area contributed by atoms with E-state index in [2.05, 4.69) is 24.0 Å². The lowest BCUT2D eigenvalue weighted by Gasteiger charge is -2.00. The molecule has 0 saturated carbocycles. The van der Waals surface area contributed by atoms with Crippen LogP contribution in [0, 0.1) is 0 Å². The lowest BCUT2D eigenvalue weighted by atomic mass is 10.1. The van der Waals surface area contributed by atoms with Gasteiger partial charge in [-0.3, -0.25) is 0 Å². The van der Waals surface area contributed by atoms with Crippen LogP contribution in [0.4, 0.5) is 5.69 Å². The van der Waals surface area contributed by atoms with E-state index in [-0.39, 0.29) is 0 Å². The van der Waals surface area contributed by atoms with Gasteiger partial charge in [-0.2, -0.15) is 0 Å². The van der Waals surface area contributed by atoms with Crippen molar-refractivity contribution in [3.8, 4) is 0 Å². The Kier molecular flexibility index (Phi) is 2.33. The molecule has 0 bridgehead atoms. The molecule has 0 atom stereocenters. The first-order valence-corrected chi connectivity index (χ1v) is 5.50. The highest BCUT2D eigenvalue weighted by molar-refractivity contribution is 7.19. The van der Waals surface area contributed by atoms with Crippen LogP contribution < -0.4 is 5.73 Å². The van der Waals surface area contributed by atoms with E-state index in [1.807, 2.05) is 0 Å². The molecule has 2 heterocycles. The molecule has 2 aromatic heterocycles. The zero-order valence-corrected chi connectivity index (χ0v) is 9.49. The molecule has 0 unspecified atom stereocenters. The fraction of sp³-hybridized carbons (Fsp3) is 0.333. The number of fused-ring (bicyclic) bond motifs is 1. The highest BCUT2D eigenvalue weighted by Crippen LogP contribution is 2.37. The van der Waals surface area contributed by atoms with Gasteiger partial charge in [-0.1, -0.05) is 25.4 Å². The molecule has 2 rings (SSSR count). The van der Waals surface area contributed by atoms with Gasteiger partial charge in [-0.25, -0.2) is 0 Å². The van der Waals surface area contributed by atoms with Crippen LogP contribution in [0.15, 0.2) is 6.07 Å². The van der Waals surface area contributed by atoms with Crippen molar-refractivity contribution in [2.75, 3.05) is 5.73 Å². The predicted molar refractivity (Wildman–Crippen MR) is 60.9 cm³/mol. The Balaban J connectivity index is 2.74. The molecular weight excluding hydrogens is 218 g/mol. The molecule has 0 aliphatic carbocycles. The molecule has 0 aromatic carbocycles. The van der Waals surface area contributed by atoms with E-state index in [9.17, 15) is 0 Å². The van der Waals surface area contributed by atoms with Crippen LogP contribution >= 0.6 is 22.9 Å². The Morgan fingerprint density at radius 2 is 2.14 bits per heavy atom. The summed E-state index contributed by atoms with van der Waals surface area (Å²) in [4.78, 5) is 2.01. The molecule has 0 amide bonds.